The molecule has 1 amide bonds. The molecule has 1 fully saturated rings. The Hall–Kier alpha value is -0.830. The first-order chi connectivity index (χ1) is 9.10. The topological polar surface area (TPSA) is 29.1 Å². The fraction of sp³-hybridized carbons (Fsp3) is 0.562. The lowest BCUT2D eigenvalue weighted by molar-refractivity contribution is 0.0918. The highest BCUT2D eigenvalue weighted by atomic mass is 79.9. The van der Waals surface area contributed by atoms with Crippen molar-refractivity contribution >= 4 is 21.8 Å². The Morgan fingerprint density at radius 1 is 1.42 bits per heavy atom. The van der Waals surface area contributed by atoms with Crippen LogP contribution in [0.5, 0.6) is 0 Å². The monoisotopic (exact) mass is 323 g/mol. The highest BCUT2D eigenvalue weighted by molar-refractivity contribution is 9.10. The summed E-state index contributed by atoms with van der Waals surface area (Å²) in [5, 5.41) is 3.20. The lowest BCUT2D eigenvalue weighted by Crippen LogP contribution is -2.38. The Morgan fingerprint density at radius 3 is 2.95 bits per heavy atom. The Morgan fingerprint density at radius 2 is 2.21 bits per heavy atom. The molecular formula is C16H22BrNO. The minimum absolute atomic E-state index is 0.0531. The molecule has 2 nitrogen and oxygen atoms in total. The zero-order chi connectivity index (χ0) is 13.8. The summed E-state index contributed by atoms with van der Waals surface area (Å²) in [5.41, 5.74) is 1.86. The maximum atomic E-state index is 12.3. The van der Waals surface area contributed by atoms with Crippen LogP contribution in [0.4, 0.5) is 0 Å². The predicted molar refractivity (Wildman–Crippen MR) is 82.4 cm³/mol. The van der Waals surface area contributed by atoms with Gasteiger partial charge in [-0.3, -0.25) is 4.79 Å². The summed E-state index contributed by atoms with van der Waals surface area (Å²) >= 11 is 3.46. The fourth-order valence-electron chi connectivity index (χ4n) is 2.87. The Labute approximate surface area is 124 Å². The van der Waals surface area contributed by atoms with E-state index in [1.54, 1.807) is 0 Å². The molecule has 2 rings (SSSR count). The zero-order valence-electron chi connectivity index (χ0n) is 11.7. The maximum Gasteiger partial charge on any atom is 0.252 e. The van der Waals surface area contributed by atoms with Crippen LogP contribution in [0.25, 0.3) is 0 Å². The van der Waals surface area contributed by atoms with E-state index in [-0.39, 0.29) is 5.91 Å². The van der Waals surface area contributed by atoms with E-state index in [2.05, 4.69) is 28.2 Å². The summed E-state index contributed by atoms with van der Waals surface area (Å²) in [6.45, 7) is 4.25. The molecule has 1 N–H and O–H groups in total. The Bertz CT molecular complexity index is 458. The largest absolute Gasteiger partial charge is 0.349 e. The van der Waals surface area contributed by atoms with E-state index in [4.69, 9.17) is 0 Å². The van der Waals surface area contributed by atoms with Crippen molar-refractivity contribution in [3.05, 3.63) is 33.8 Å². The van der Waals surface area contributed by atoms with Crippen molar-refractivity contribution < 1.29 is 4.79 Å². The molecule has 0 aliphatic heterocycles. The van der Waals surface area contributed by atoms with Crippen LogP contribution in [0.2, 0.25) is 0 Å². The van der Waals surface area contributed by atoms with Gasteiger partial charge in [0.25, 0.3) is 5.91 Å². The molecule has 1 aromatic rings. The normalized spacial score (nSPS) is 23.1. The van der Waals surface area contributed by atoms with Gasteiger partial charge in [-0.1, -0.05) is 37.8 Å². The van der Waals surface area contributed by atoms with Gasteiger partial charge in [-0.25, -0.2) is 0 Å². The molecule has 0 saturated heterocycles. The second kappa shape index (κ2) is 6.56. The lowest BCUT2D eigenvalue weighted by atomic mass is 9.84. The van der Waals surface area contributed by atoms with E-state index in [1.165, 1.54) is 19.3 Å². The smallest absolute Gasteiger partial charge is 0.252 e. The first-order valence-corrected chi connectivity index (χ1v) is 7.96. The van der Waals surface area contributed by atoms with Crippen LogP contribution in [0, 0.1) is 12.8 Å². The first kappa shape index (κ1) is 14.6. The van der Waals surface area contributed by atoms with Crippen molar-refractivity contribution in [2.75, 3.05) is 0 Å². The molecular weight excluding hydrogens is 302 g/mol. The van der Waals surface area contributed by atoms with Gasteiger partial charge in [0, 0.05) is 10.5 Å². The van der Waals surface area contributed by atoms with Crippen molar-refractivity contribution in [2.45, 2.75) is 52.0 Å². The highest BCUT2D eigenvalue weighted by Gasteiger charge is 2.23. The number of halogens is 1. The van der Waals surface area contributed by atoms with E-state index in [1.807, 2.05) is 25.1 Å². The number of carbonyl (C=O) groups is 1. The fourth-order valence-corrected chi connectivity index (χ4v) is 3.30. The van der Waals surface area contributed by atoms with Gasteiger partial charge in [0.1, 0.15) is 0 Å². The van der Waals surface area contributed by atoms with Gasteiger partial charge in [-0.2, -0.15) is 0 Å². The summed E-state index contributed by atoms with van der Waals surface area (Å²) < 4.78 is 0.874. The summed E-state index contributed by atoms with van der Waals surface area (Å²) in [6.07, 6.45) is 6.02. The zero-order valence-corrected chi connectivity index (χ0v) is 13.3. The lowest BCUT2D eigenvalue weighted by Gasteiger charge is -2.29. The number of hydrogen-bond donors (Lipinski definition) is 1. The summed E-state index contributed by atoms with van der Waals surface area (Å²) in [6, 6.07) is 6.24. The third-order valence-corrected chi connectivity index (χ3v) is 4.75. The second-order valence-corrected chi connectivity index (χ2v) is 6.45. The van der Waals surface area contributed by atoms with Crippen LogP contribution in [0.1, 0.15) is 54.9 Å². The van der Waals surface area contributed by atoms with Gasteiger partial charge >= 0.3 is 0 Å². The molecule has 0 spiro atoms. The number of carbonyl (C=O) groups excluding carboxylic acids is 1. The van der Waals surface area contributed by atoms with Crippen molar-refractivity contribution in [1.82, 2.24) is 5.32 Å². The number of hydrogen-bond acceptors (Lipinski definition) is 1. The molecule has 0 radical (unpaired) electrons. The van der Waals surface area contributed by atoms with E-state index in [9.17, 15) is 4.79 Å². The van der Waals surface area contributed by atoms with Gasteiger partial charge in [0.2, 0.25) is 0 Å². The second-order valence-electron chi connectivity index (χ2n) is 5.59. The van der Waals surface area contributed by atoms with Crippen LogP contribution in [-0.2, 0) is 0 Å². The number of aryl methyl sites for hydroxylation is 1. The van der Waals surface area contributed by atoms with Crippen molar-refractivity contribution in [1.29, 1.82) is 0 Å². The van der Waals surface area contributed by atoms with Gasteiger partial charge in [0.15, 0.2) is 0 Å². The van der Waals surface area contributed by atoms with Gasteiger partial charge < -0.3 is 5.32 Å². The number of amides is 1. The van der Waals surface area contributed by atoms with Crippen LogP contribution >= 0.6 is 15.9 Å². The van der Waals surface area contributed by atoms with Crippen LogP contribution < -0.4 is 5.32 Å². The van der Waals surface area contributed by atoms with E-state index in [0.717, 1.165) is 34.4 Å². The molecule has 3 heteroatoms. The SMILES string of the molecule is CCC1CCCC(NC(=O)c2cc(C)ccc2Br)C1. The average molecular weight is 324 g/mol. The van der Waals surface area contributed by atoms with Crippen LogP contribution in [0.3, 0.4) is 0 Å². The summed E-state index contributed by atoms with van der Waals surface area (Å²) in [7, 11) is 0. The summed E-state index contributed by atoms with van der Waals surface area (Å²) in [5.74, 6) is 0.831. The molecule has 104 valence electrons. The maximum absolute atomic E-state index is 12.3. The molecule has 1 saturated carbocycles. The highest BCUT2D eigenvalue weighted by Crippen LogP contribution is 2.27. The van der Waals surface area contributed by atoms with Gasteiger partial charge in [-0.15, -0.1) is 0 Å². The molecule has 2 atom stereocenters. The van der Waals surface area contributed by atoms with E-state index >= 15 is 0 Å². The first-order valence-electron chi connectivity index (χ1n) is 7.17. The standard InChI is InChI=1S/C16H22BrNO/c1-3-12-5-4-6-13(10-12)18-16(19)14-9-11(2)7-8-15(14)17/h7-9,12-13H,3-6,10H2,1-2H3,(H,18,19). The van der Waals surface area contributed by atoms with Gasteiger partial charge in [-0.05, 0) is 53.7 Å². The number of rotatable bonds is 3. The van der Waals surface area contributed by atoms with Crippen LogP contribution in [0.15, 0.2) is 22.7 Å². The van der Waals surface area contributed by atoms with Crippen molar-refractivity contribution in [3.8, 4) is 0 Å². The average Bonchev–Trinajstić information content (AvgIpc) is 2.41. The molecule has 1 aliphatic rings. The molecule has 2 unspecified atom stereocenters. The van der Waals surface area contributed by atoms with Crippen LogP contribution in [-0.4, -0.2) is 11.9 Å². The quantitative estimate of drug-likeness (QED) is 0.874. The van der Waals surface area contributed by atoms with E-state index in [0.29, 0.717) is 6.04 Å². The molecule has 1 aliphatic carbocycles. The minimum Gasteiger partial charge on any atom is -0.349 e. The minimum atomic E-state index is 0.0531. The molecule has 0 aromatic heterocycles. The van der Waals surface area contributed by atoms with E-state index < -0.39 is 0 Å². The molecule has 0 heterocycles. The van der Waals surface area contributed by atoms with Gasteiger partial charge in [0.05, 0.1) is 5.56 Å². The Kier molecular flexibility index (Phi) is 5.03. The number of nitrogens with one attached hydrogen (secondary N) is 1. The van der Waals surface area contributed by atoms with Crippen molar-refractivity contribution in [2.24, 2.45) is 5.92 Å². The number of benzene rings is 1. The summed E-state index contributed by atoms with van der Waals surface area (Å²) in [4.78, 5) is 12.3. The van der Waals surface area contributed by atoms with Crippen molar-refractivity contribution in [3.63, 3.8) is 0 Å². The Balaban J connectivity index is 2.02. The predicted octanol–water partition coefficient (Wildman–Crippen LogP) is 4.46. The molecule has 1 aromatic carbocycles. The third-order valence-electron chi connectivity index (χ3n) is 4.06. The third kappa shape index (κ3) is 3.82. The molecule has 19 heavy (non-hydrogen) atoms. The molecule has 0 bridgehead atoms.